The van der Waals surface area contributed by atoms with Crippen molar-refractivity contribution in [2.45, 2.75) is 39.7 Å². The highest BCUT2D eigenvalue weighted by Crippen LogP contribution is 2.10. The fourth-order valence-corrected chi connectivity index (χ4v) is 2.35. The molecule has 0 heterocycles. The zero-order valence-corrected chi connectivity index (χ0v) is 12.3. The van der Waals surface area contributed by atoms with Gasteiger partial charge in [-0.05, 0) is 43.9 Å². The molecule has 0 aromatic heterocycles. The van der Waals surface area contributed by atoms with Crippen molar-refractivity contribution in [3.63, 3.8) is 0 Å². The van der Waals surface area contributed by atoms with E-state index in [1.165, 1.54) is 11.1 Å². The number of rotatable bonds is 5. The minimum absolute atomic E-state index is 0.0988. The van der Waals surface area contributed by atoms with Crippen molar-refractivity contribution in [2.24, 2.45) is 0 Å². The lowest BCUT2D eigenvalue weighted by molar-refractivity contribution is -0.121. The number of nitrogens with one attached hydrogen (secondary N) is 1. The Labute approximate surface area is 112 Å². The minimum atomic E-state index is 0.0988. The minimum Gasteiger partial charge on any atom is -0.353 e. The number of carbonyl (C=O) groups is 1. The highest BCUT2D eigenvalue weighted by atomic mass is 79.9. The molecule has 0 bridgehead atoms. The molecule has 0 aliphatic carbocycles. The first-order valence-electron chi connectivity index (χ1n) is 5.94. The summed E-state index contributed by atoms with van der Waals surface area (Å²) in [6.07, 6.45) is 1.42. The summed E-state index contributed by atoms with van der Waals surface area (Å²) in [5.41, 5.74) is 3.59. The third-order valence-corrected chi connectivity index (χ3v) is 3.34. The lowest BCUT2D eigenvalue weighted by atomic mass is 10.0. The Hall–Kier alpha value is -0.830. The van der Waals surface area contributed by atoms with Gasteiger partial charge in [0, 0.05) is 11.4 Å². The molecule has 1 aromatic carbocycles. The summed E-state index contributed by atoms with van der Waals surface area (Å²) in [5, 5.41) is 3.91. The summed E-state index contributed by atoms with van der Waals surface area (Å²) in [6.45, 7) is 6.18. The maximum absolute atomic E-state index is 11.8. The van der Waals surface area contributed by atoms with Crippen LogP contribution in [0.5, 0.6) is 0 Å². The SMILES string of the molecule is Cc1ccc(CC(=O)NC(C)CCBr)cc1C. The zero-order chi connectivity index (χ0) is 12.8. The molecule has 1 N–H and O–H groups in total. The van der Waals surface area contributed by atoms with E-state index in [4.69, 9.17) is 0 Å². The van der Waals surface area contributed by atoms with Gasteiger partial charge in [-0.1, -0.05) is 34.1 Å². The van der Waals surface area contributed by atoms with Crippen molar-refractivity contribution in [1.82, 2.24) is 5.32 Å². The van der Waals surface area contributed by atoms with Crippen LogP contribution in [0, 0.1) is 13.8 Å². The van der Waals surface area contributed by atoms with E-state index >= 15 is 0 Å². The Kier molecular flexibility index (Phi) is 5.69. The van der Waals surface area contributed by atoms with Crippen LogP contribution in [0.3, 0.4) is 0 Å². The number of hydrogen-bond acceptors (Lipinski definition) is 1. The average molecular weight is 298 g/mol. The van der Waals surface area contributed by atoms with Crippen molar-refractivity contribution in [1.29, 1.82) is 0 Å². The molecule has 0 fully saturated rings. The van der Waals surface area contributed by atoms with E-state index in [0.717, 1.165) is 17.3 Å². The van der Waals surface area contributed by atoms with E-state index in [0.29, 0.717) is 6.42 Å². The topological polar surface area (TPSA) is 29.1 Å². The molecule has 1 atom stereocenters. The highest BCUT2D eigenvalue weighted by molar-refractivity contribution is 9.09. The van der Waals surface area contributed by atoms with Gasteiger partial charge in [0.1, 0.15) is 0 Å². The number of hydrogen-bond donors (Lipinski definition) is 1. The lowest BCUT2D eigenvalue weighted by Gasteiger charge is -2.12. The summed E-state index contributed by atoms with van der Waals surface area (Å²) in [4.78, 5) is 11.8. The summed E-state index contributed by atoms with van der Waals surface area (Å²) in [6, 6.07) is 6.41. The van der Waals surface area contributed by atoms with E-state index in [9.17, 15) is 4.79 Å². The number of halogens is 1. The number of aryl methyl sites for hydroxylation is 2. The Morgan fingerprint density at radius 2 is 2.06 bits per heavy atom. The average Bonchev–Trinajstić information content (AvgIpc) is 2.23. The second-order valence-electron chi connectivity index (χ2n) is 4.54. The van der Waals surface area contributed by atoms with Gasteiger partial charge in [-0.3, -0.25) is 4.79 Å². The zero-order valence-electron chi connectivity index (χ0n) is 10.7. The van der Waals surface area contributed by atoms with Gasteiger partial charge in [0.25, 0.3) is 0 Å². The smallest absolute Gasteiger partial charge is 0.224 e. The van der Waals surface area contributed by atoms with Gasteiger partial charge in [0.05, 0.1) is 6.42 Å². The van der Waals surface area contributed by atoms with Crippen molar-refractivity contribution in [3.8, 4) is 0 Å². The molecule has 3 heteroatoms. The number of amides is 1. The quantitative estimate of drug-likeness (QED) is 0.831. The van der Waals surface area contributed by atoms with Crippen molar-refractivity contribution in [2.75, 3.05) is 5.33 Å². The lowest BCUT2D eigenvalue weighted by Crippen LogP contribution is -2.33. The van der Waals surface area contributed by atoms with Gasteiger partial charge < -0.3 is 5.32 Å². The van der Waals surface area contributed by atoms with Crippen LogP contribution in [0.15, 0.2) is 18.2 Å². The van der Waals surface area contributed by atoms with E-state index < -0.39 is 0 Å². The third-order valence-electron chi connectivity index (χ3n) is 2.89. The van der Waals surface area contributed by atoms with Crippen LogP contribution in [0.1, 0.15) is 30.0 Å². The van der Waals surface area contributed by atoms with Gasteiger partial charge in [0.2, 0.25) is 5.91 Å². The van der Waals surface area contributed by atoms with Crippen molar-refractivity contribution < 1.29 is 4.79 Å². The number of carbonyl (C=O) groups excluding carboxylic acids is 1. The van der Waals surface area contributed by atoms with Crippen LogP contribution in [-0.4, -0.2) is 17.3 Å². The monoisotopic (exact) mass is 297 g/mol. The maximum Gasteiger partial charge on any atom is 0.224 e. The normalized spacial score (nSPS) is 12.2. The molecule has 1 unspecified atom stereocenters. The summed E-state index contributed by atoms with van der Waals surface area (Å²) >= 11 is 3.37. The molecule has 0 saturated carbocycles. The first kappa shape index (κ1) is 14.2. The molecule has 0 radical (unpaired) electrons. The Balaban J connectivity index is 2.53. The summed E-state index contributed by atoms with van der Waals surface area (Å²) in [5.74, 6) is 0.0988. The van der Waals surface area contributed by atoms with Gasteiger partial charge >= 0.3 is 0 Å². The van der Waals surface area contributed by atoms with Crippen LogP contribution in [-0.2, 0) is 11.2 Å². The number of alkyl halides is 1. The van der Waals surface area contributed by atoms with Gasteiger partial charge in [0.15, 0.2) is 0 Å². The summed E-state index contributed by atoms with van der Waals surface area (Å²) in [7, 11) is 0. The molecule has 2 nitrogen and oxygen atoms in total. The Morgan fingerprint density at radius 3 is 2.65 bits per heavy atom. The van der Waals surface area contributed by atoms with Gasteiger partial charge in [-0.15, -0.1) is 0 Å². The van der Waals surface area contributed by atoms with Crippen LogP contribution >= 0.6 is 15.9 Å². The molecule has 0 aliphatic heterocycles. The standard InChI is InChI=1S/C14H20BrNO/c1-10-4-5-13(8-11(10)2)9-14(17)16-12(3)6-7-15/h4-5,8,12H,6-7,9H2,1-3H3,(H,16,17). The van der Waals surface area contributed by atoms with Crippen LogP contribution in [0.2, 0.25) is 0 Å². The van der Waals surface area contributed by atoms with Crippen molar-refractivity contribution in [3.05, 3.63) is 34.9 Å². The second-order valence-corrected chi connectivity index (χ2v) is 5.33. The molecule has 94 valence electrons. The molecular weight excluding hydrogens is 278 g/mol. The largest absolute Gasteiger partial charge is 0.353 e. The Morgan fingerprint density at radius 1 is 1.35 bits per heavy atom. The molecule has 17 heavy (non-hydrogen) atoms. The van der Waals surface area contributed by atoms with Crippen LogP contribution in [0.25, 0.3) is 0 Å². The molecule has 0 spiro atoms. The van der Waals surface area contributed by atoms with E-state index in [1.807, 2.05) is 13.0 Å². The molecule has 0 aliphatic rings. The second kappa shape index (κ2) is 6.80. The molecule has 0 saturated heterocycles. The van der Waals surface area contributed by atoms with E-state index in [2.05, 4.69) is 47.2 Å². The third kappa shape index (κ3) is 4.90. The molecule has 1 rings (SSSR count). The fraction of sp³-hybridized carbons (Fsp3) is 0.500. The molecule has 1 aromatic rings. The highest BCUT2D eigenvalue weighted by Gasteiger charge is 2.08. The molecule has 1 amide bonds. The predicted molar refractivity (Wildman–Crippen MR) is 75.6 cm³/mol. The van der Waals surface area contributed by atoms with Crippen molar-refractivity contribution >= 4 is 21.8 Å². The first-order valence-corrected chi connectivity index (χ1v) is 7.06. The van der Waals surface area contributed by atoms with E-state index in [1.54, 1.807) is 0 Å². The van der Waals surface area contributed by atoms with Crippen LogP contribution < -0.4 is 5.32 Å². The van der Waals surface area contributed by atoms with E-state index in [-0.39, 0.29) is 11.9 Å². The fourth-order valence-electron chi connectivity index (χ4n) is 1.66. The number of benzene rings is 1. The Bertz CT molecular complexity index is 390. The first-order chi connectivity index (χ1) is 8.02. The molecular formula is C14H20BrNO. The van der Waals surface area contributed by atoms with Crippen LogP contribution in [0.4, 0.5) is 0 Å². The van der Waals surface area contributed by atoms with Gasteiger partial charge in [-0.2, -0.15) is 0 Å². The predicted octanol–water partition coefficient (Wildman–Crippen LogP) is 3.14. The van der Waals surface area contributed by atoms with Gasteiger partial charge in [-0.25, -0.2) is 0 Å². The summed E-state index contributed by atoms with van der Waals surface area (Å²) < 4.78 is 0. The maximum atomic E-state index is 11.8.